The Morgan fingerprint density at radius 3 is 2.80 bits per heavy atom. The maximum Gasteiger partial charge on any atom is 0.354 e. The van der Waals surface area contributed by atoms with E-state index in [9.17, 15) is 4.79 Å². The van der Waals surface area contributed by atoms with E-state index in [2.05, 4.69) is 15.3 Å². The fraction of sp³-hybridized carbons (Fsp3) is 0.214. The Kier molecular flexibility index (Phi) is 4.88. The average Bonchev–Trinajstić information content (AvgIpc) is 2.48. The number of benzene rings is 1. The van der Waals surface area contributed by atoms with Crippen molar-refractivity contribution in [2.24, 2.45) is 0 Å². The van der Waals surface area contributed by atoms with Gasteiger partial charge in [-0.3, -0.25) is 0 Å². The fourth-order valence-corrected chi connectivity index (χ4v) is 1.54. The molecule has 2 rings (SSSR count). The molecular formula is C14H15N3O3. The van der Waals surface area contributed by atoms with Gasteiger partial charge in [-0.05, 0) is 24.6 Å². The van der Waals surface area contributed by atoms with Crippen LogP contribution in [0.3, 0.4) is 0 Å². The van der Waals surface area contributed by atoms with Gasteiger partial charge in [0, 0.05) is 12.7 Å². The van der Waals surface area contributed by atoms with Crippen LogP contribution in [0.4, 0.5) is 5.95 Å². The normalized spacial score (nSPS) is 10.0. The van der Waals surface area contributed by atoms with Crippen LogP contribution in [0.25, 0.3) is 0 Å². The number of ether oxygens (including phenoxy) is 1. The number of nitrogens with one attached hydrogen (secondary N) is 1. The van der Waals surface area contributed by atoms with Crippen molar-refractivity contribution in [1.82, 2.24) is 9.97 Å². The van der Waals surface area contributed by atoms with E-state index in [0.29, 0.717) is 19.1 Å². The quantitative estimate of drug-likeness (QED) is 0.751. The monoisotopic (exact) mass is 273 g/mol. The van der Waals surface area contributed by atoms with E-state index in [4.69, 9.17) is 9.84 Å². The number of carboxylic acid groups (broad SMARTS) is 1. The lowest BCUT2D eigenvalue weighted by atomic mass is 10.3. The van der Waals surface area contributed by atoms with Gasteiger partial charge in [-0.15, -0.1) is 0 Å². The first-order chi connectivity index (χ1) is 9.75. The van der Waals surface area contributed by atoms with Crippen molar-refractivity contribution in [1.29, 1.82) is 0 Å². The molecule has 0 bridgehead atoms. The molecule has 2 aromatic rings. The van der Waals surface area contributed by atoms with E-state index in [-0.39, 0.29) is 5.69 Å². The number of para-hydroxylation sites is 1. The Balaban J connectivity index is 1.71. The lowest BCUT2D eigenvalue weighted by Crippen LogP contribution is -2.11. The molecule has 20 heavy (non-hydrogen) atoms. The Labute approximate surface area is 116 Å². The van der Waals surface area contributed by atoms with Crippen molar-refractivity contribution >= 4 is 11.9 Å². The molecule has 6 nitrogen and oxygen atoms in total. The van der Waals surface area contributed by atoms with Gasteiger partial charge in [0.2, 0.25) is 5.95 Å². The molecule has 2 N–H and O–H groups in total. The van der Waals surface area contributed by atoms with Crippen molar-refractivity contribution in [2.45, 2.75) is 6.42 Å². The number of carbonyl (C=O) groups is 1. The second kappa shape index (κ2) is 7.08. The largest absolute Gasteiger partial charge is 0.494 e. The van der Waals surface area contributed by atoms with Gasteiger partial charge in [0.1, 0.15) is 5.75 Å². The van der Waals surface area contributed by atoms with Gasteiger partial charge in [0.05, 0.1) is 6.61 Å². The topological polar surface area (TPSA) is 84.3 Å². The minimum atomic E-state index is -1.07. The summed E-state index contributed by atoms with van der Waals surface area (Å²) in [5.74, 6) is 0.0732. The predicted molar refractivity (Wildman–Crippen MR) is 74.0 cm³/mol. The van der Waals surface area contributed by atoms with Gasteiger partial charge in [-0.1, -0.05) is 18.2 Å². The van der Waals surface area contributed by atoms with Crippen LogP contribution >= 0.6 is 0 Å². The molecule has 0 aliphatic rings. The number of hydrogen-bond donors (Lipinski definition) is 2. The smallest absolute Gasteiger partial charge is 0.354 e. The van der Waals surface area contributed by atoms with Crippen molar-refractivity contribution in [3.8, 4) is 5.75 Å². The summed E-state index contributed by atoms with van der Waals surface area (Å²) in [6, 6.07) is 10.9. The number of aromatic carboxylic acids is 1. The molecule has 6 heteroatoms. The molecular weight excluding hydrogens is 258 g/mol. The van der Waals surface area contributed by atoms with Gasteiger partial charge < -0.3 is 15.2 Å². The van der Waals surface area contributed by atoms with E-state index in [1.54, 1.807) is 0 Å². The molecule has 0 radical (unpaired) electrons. The fourth-order valence-electron chi connectivity index (χ4n) is 1.54. The summed E-state index contributed by atoms with van der Waals surface area (Å²) < 4.78 is 5.53. The third kappa shape index (κ3) is 4.24. The summed E-state index contributed by atoms with van der Waals surface area (Å²) in [4.78, 5) is 18.6. The molecule has 0 atom stereocenters. The lowest BCUT2D eigenvalue weighted by Gasteiger charge is -2.07. The Morgan fingerprint density at radius 1 is 1.25 bits per heavy atom. The number of aromatic nitrogens is 2. The third-order valence-electron chi connectivity index (χ3n) is 2.49. The van der Waals surface area contributed by atoms with E-state index in [1.165, 1.54) is 12.3 Å². The average molecular weight is 273 g/mol. The first kappa shape index (κ1) is 13.8. The molecule has 1 aromatic carbocycles. The van der Waals surface area contributed by atoms with Crippen molar-refractivity contribution < 1.29 is 14.6 Å². The first-order valence-corrected chi connectivity index (χ1v) is 6.24. The summed E-state index contributed by atoms with van der Waals surface area (Å²) in [7, 11) is 0. The first-order valence-electron chi connectivity index (χ1n) is 6.24. The van der Waals surface area contributed by atoms with Gasteiger partial charge >= 0.3 is 5.97 Å². The highest BCUT2D eigenvalue weighted by atomic mass is 16.5. The summed E-state index contributed by atoms with van der Waals surface area (Å²) in [5.41, 5.74) is -0.0250. The van der Waals surface area contributed by atoms with Crippen molar-refractivity contribution in [2.75, 3.05) is 18.5 Å². The van der Waals surface area contributed by atoms with E-state index >= 15 is 0 Å². The van der Waals surface area contributed by atoms with Crippen LogP contribution in [0.2, 0.25) is 0 Å². The van der Waals surface area contributed by atoms with Crippen molar-refractivity contribution in [3.63, 3.8) is 0 Å². The van der Waals surface area contributed by atoms with Crippen LogP contribution in [0.15, 0.2) is 42.6 Å². The molecule has 104 valence electrons. The zero-order chi connectivity index (χ0) is 14.2. The maximum absolute atomic E-state index is 10.7. The summed E-state index contributed by atoms with van der Waals surface area (Å²) in [5, 5.41) is 11.8. The van der Waals surface area contributed by atoms with E-state index in [0.717, 1.165) is 12.2 Å². The molecule has 1 aromatic heterocycles. The van der Waals surface area contributed by atoms with Crippen LogP contribution < -0.4 is 10.1 Å². The lowest BCUT2D eigenvalue weighted by molar-refractivity contribution is 0.0690. The summed E-state index contributed by atoms with van der Waals surface area (Å²) in [6.07, 6.45) is 2.18. The number of hydrogen-bond acceptors (Lipinski definition) is 5. The summed E-state index contributed by atoms with van der Waals surface area (Å²) >= 11 is 0. The predicted octanol–water partition coefficient (Wildman–Crippen LogP) is 2.06. The number of rotatable bonds is 7. The van der Waals surface area contributed by atoms with Crippen LogP contribution in [-0.2, 0) is 0 Å². The molecule has 0 saturated heterocycles. The minimum absolute atomic E-state index is 0.0250. The highest BCUT2D eigenvalue weighted by Crippen LogP contribution is 2.08. The molecule has 1 heterocycles. The van der Waals surface area contributed by atoms with Crippen LogP contribution in [0.1, 0.15) is 16.9 Å². The molecule has 0 unspecified atom stereocenters. The molecule has 0 amide bonds. The number of carboxylic acids is 1. The zero-order valence-corrected chi connectivity index (χ0v) is 10.8. The highest BCUT2D eigenvalue weighted by Gasteiger charge is 2.05. The second-order valence-corrected chi connectivity index (χ2v) is 4.01. The van der Waals surface area contributed by atoms with Crippen LogP contribution in [0, 0.1) is 0 Å². The molecule has 0 aliphatic heterocycles. The van der Waals surface area contributed by atoms with Gasteiger partial charge in [0.25, 0.3) is 0 Å². The van der Waals surface area contributed by atoms with Gasteiger partial charge in [0.15, 0.2) is 5.69 Å². The summed E-state index contributed by atoms with van der Waals surface area (Å²) in [6.45, 7) is 1.17. The van der Waals surface area contributed by atoms with E-state index in [1.807, 2.05) is 30.3 Å². The standard InChI is InChI=1S/C14H15N3O3/c18-13(19)12-7-9-16-14(17-12)15-8-4-10-20-11-5-2-1-3-6-11/h1-3,5-7,9H,4,8,10H2,(H,18,19)(H,15,16,17). The Bertz CT molecular complexity index is 561. The van der Waals surface area contributed by atoms with Crippen LogP contribution in [-0.4, -0.2) is 34.2 Å². The Morgan fingerprint density at radius 2 is 2.05 bits per heavy atom. The van der Waals surface area contributed by atoms with Gasteiger partial charge in [-0.2, -0.15) is 0 Å². The van der Waals surface area contributed by atoms with Gasteiger partial charge in [-0.25, -0.2) is 14.8 Å². The minimum Gasteiger partial charge on any atom is -0.494 e. The third-order valence-corrected chi connectivity index (χ3v) is 2.49. The maximum atomic E-state index is 10.7. The molecule has 0 fully saturated rings. The number of anilines is 1. The molecule has 0 aliphatic carbocycles. The second-order valence-electron chi connectivity index (χ2n) is 4.01. The highest BCUT2D eigenvalue weighted by molar-refractivity contribution is 5.85. The SMILES string of the molecule is O=C(O)c1ccnc(NCCCOc2ccccc2)n1. The molecule has 0 saturated carbocycles. The number of nitrogens with zero attached hydrogens (tertiary/aromatic N) is 2. The van der Waals surface area contributed by atoms with Crippen LogP contribution in [0.5, 0.6) is 5.75 Å². The van der Waals surface area contributed by atoms with Crippen molar-refractivity contribution in [3.05, 3.63) is 48.3 Å². The van der Waals surface area contributed by atoms with E-state index < -0.39 is 5.97 Å². The zero-order valence-electron chi connectivity index (χ0n) is 10.8. The Hall–Kier alpha value is -2.63. The molecule has 0 spiro atoms.